The highest BCUT2D eigenvalue weighted by atomic mass is 32.2. The van der Waals surface area contributed by atoms with Crippen LogP contribution in [0.5, 0.6) is 5.75 Å². The lowest BCUT2D eigenvalue weighted by Crippen LogP contribution is -2.27. The van der Waals surface area contributed by atoms with Gasteiger partial charge in [0.1, 0.15) is 22.1 Å². The molecule has 0 atom stereocenters. The van der Waals surface area contributed by atoms with Crippen molar-refractivity contribution in [3.63, 3.8) is 0 Å². The summed E-state index contributed by atoms with van der Waals surface area (Å²) in [4.78, 5) is 3.19. The fraction of sp³-hybridized carbons (Fsp3) is 0.0952. The van der Waals surface area contributed by atoms with E-state index in [4.69, 9.17) is 10.5 Å². The summed E-state index contributed by atoms with van der Waals surface area (Å²) in [6.45, 7) is 0.296. The number of nitrogen functional groups attached to an aromatic ring is 1. The number of nitrogens with one attached hydrogen (secondary N) is 3. The first kappa shape index (κ1) is 19.6. The molecule has 8 nitrogen and oxygen atoms in total. The highest BCUT2D eigenvalue weighted by molar-refractivity contribution is 7.91. The van der Waals surface area contributed by atoms with Gasteiger partial charge >= 0.3 is 0 Å². The van der Waals surface area contributed by atoms with E-state index in [9.17, 15) is 8.42 Å². The van der Waals surface area contributed by atoms with Crippen molar-refractivity contribution in [1.29, 1.82) is 0 Å². The van der Waals surface area contributed by atoms with E-state index in [0.717, 1.165) is 27.4 Å². The lowest BCUT2D eigenvalue weighted by Gasteiger charge is -2.11. The molecule has 0 aliphatic carbocycles. The highest BCUT2D eigenvalue weighted by Gasteiger charge is 2.16. The van der Waals surface area contributed by atoms with Gasteiger partial charge in [0.2, 0.25) is 10.0 Å². The summed E-state index contributed by atoms with van der Waals surface area (Å²) in [6, 6.07) is 15.2. The zero-order chi connectivity index (χ0) is 21.4. The Morgan fingerprint density at radius 3 is 2.90 bits per heavy atom. The second-order valence-corrected chi connectivity index (χ2v) is 9.87. The van der Waals surface area contributed by atoms with Crippen LogP contribution in [0.25, 0.3) is 32.9 Å². The maximum atomic E-state index is 12.2. The standard InChI is InChI=1S/C21H19N5O3S2/c22-21-19-15(13-3-5-16-14(12-13)7-8-23-16)4-6-17(20(19)25-26-21)29-10-9-24-31(27,28)18-2-1-11-30-18/h1-8,11-12,23-24H,9-10H2,(H3,22,25,26). The third-order valence-corrected chi connectivity index (χ3v) is 7.85. The van der Waals surface area contributed by atoms with E-state index in [0.29, 0.717) is 17.1 Å². The fourth-order valence-electron chi connectivity index (χ4n) is 3.54. The number of nitrogens with zero attached hydrogens (tertiary/aromatic N) is 1. The van der Waals surface area contributed by atoms with Crippen molar-refractivity contribution < 1.29 is 13.2 Å². The Bertz CT molecular complexity index is 1470. The molecule has 0 amide bonds. The predicted octanol–water partition coefficient (Wildman–Crippen LogP) is 3.71. The van der Waals surface area contributed by atoms with Crippen LogP contribution >= 0.6 is 11.3 Å². The summed E-state index contributed by atoms with van der Waals surface area (Å²) >= 11 is 1.17. The molecule has 0 saturated carbocycles. The van der Waals surface area contributed by atoms with Crippen molar-refractivity contribution in [2.45, 2.75) is 4.21 Å². The number of fused-ring (bicyclic) bond motifs is 2. The lowest BCUT2D eigenvalue weighted by molar-refractivity contribution is 0.326. The van der Waals surface area contributed by atoms with Crippen LogP contribution in [0, 0.1) is 0 Å². The van der Waals surface area contributed by atoms with Gasteiger partial charge in [-0.2, -0.15) is 5.10 Å². The zero-order valence-electron chi connectivity index (χ0n) is 16.3. The SMILES string of the molecule is Nc1n[nH]c2c(OCCNS(=O)(=O)c3cccs3)ccc(-c3ccc4[nH]ccc4c3)c12. The molecule has 0 unspecified atom stereocenters. The van der Waals surface area contributed by atoms with Crippen molar-refractivity contribution in [3.8, 4) is 16.9 Å². The molecular weight excluding hydrogens is 434 g/mol. The van der Waals surface area contributed by atoms with Gasteiger partial charge < -0.3 is 15.5 Å². The largest absolute Gasteiger partial charge is 0.490 e. The van der Waals surface area contributed by atoms with Crippen molar-refractivity contribution in [3.05, 3.63) is 60.1 Å². The quantitative estimate of drug-likeness (QED) is 0.280. The van der Waals surface area contributed by atoms with Crippen LogP contribution in [0.15, 0.2) is 64.3 Å². The molecule has 0 saturated heterocycles. The molecule has 31 heavy (non-hydrogen) atoms. The van der Waals surface area contributed by atoms with Crippen LogP contribution in [0.1, 0.15) is 0 Å². The first-order valence-electron chi connectivity index (χ1n) is 9.53. The van der Waals surface area contributed by atoms with E-state index in [-0.39, 0.29) is 17.4 Å². The van der Waals surface area contributed by atoms with Crippen LogP contribution in [0.3, 0.4) is 0 Å². The number of sulfonamides is 1. The number of benzene rings is 2. The minimum Gasteiger partial charge on any atom is -0.490 e. The second kappa shape index (κ2) is 7.73. The Labute approximate surface area is 182 Å². The Morgan fingerprint density at radius 2 is 2.06 bits per heavy atom. The van der Waals surface area contributed by atoms with E-state index in [1.165, 1.54) is 11.3 Å². The minimum atomic E-state index is -3.52. The molecular formula is C21H19N5O3S2. The van der Waals surface area contributed by atoms with Crippen LogP contribution in [0.4, 0.5) is 5.82 Å². The molecule has 0 spiro atoms. The second-order valence-electron chi connectivity index (χ2n) is 6.93. The monoisotopic (exact) mass is 453 g/mol. The third kappa shape index (κ3) is 3.65. The maximum absolute atomic E-state index is 12.2. The van der Waals surface area contributed by atoms with E-state index in [1.54, 1.807) is 17.5 Å². The van der Waals surface area contributed by atoms with Crippen molar-refractivity contribution in [2.75, 3.05) is 18.9 Å². The molecule has 10 heteroatoms. The fourth-order valence-corrected chi connectivity index (χ4v) is 5.59. The average Bonchev–Trinajstić information content (AvgIpc) is 3.52. The number of rotatable bonds is 7. The number of H-pyrrole nitrogens is 2. The zero-order valence-corrected chi connectivity index (χ0v) is 17.9. The van der Waals surface area contributed by atoms with Gasteiger partial charge in [0.05, 0.1) is 5.39 Å². The van der Waals surface area contributed by atoms with Gasteiger partial charge in [0.25, 0.3) is 0 Å². The summed E-state index contributed by atoms with van der Waals surface area (Å²) in [6.07, 6.45) is 1.90. The van der Waals surface area contributed by atoms with E-state index < -0.39 is 10.0 Å². The first-order valence-corrected chi connectivity index (χ1v) is 11.9. The molecule has 0 fully saturated rings. The molecule has 3 aromatic heterocycles. The van der Waals surface area contributed by atoms with Crippen LogP contribution in [-0.2, 0) is 10.0 Å². The van der Waals surface area contributed by atoms with Gasteiger partial charge in [-0.1, -0.05) is 12.1 Å². The molecule has 0 radical (unpaired) electrons. The predicted molar refractivity (Wildman–Crippen MR) is 123 cm³/mol. The van der Waals surface area contributed by atoms with Gasteiger partial charge in [0, 0.05) is 18.3 Å². The third-order valence-electron chi connectivity index (χ3n) is 4.99. The number of aromatic nitrogens is 3. The summed E-state index contributed by atoms with van der Waals surface area (Å²) in [5.41, 5.74) is 9.83. The minimum absolute atomic E-state index is 0.136. The first-order chi connectivity index (χ1) is 15.0. The normalized spacial score (nSPS) is 12.0. The van der Waals surface area contributed by atoms with Gasteiger partial charge in [-0.3, -0.25) is 5.10 Å². The Balaban J connectivity index is 1.38. The van der Waals surface area contributed by atoms with Crippen LogP contribution in [-0.4, -0.2) is 36.8 Å². The summed E-state index contributed by atoms with van der Waals surface area (Å²) in [5.74, 6) is 0.934. The lowest BCUT2D eigenvalue weighted by atomic mass is 10.00. The number of anilines is 1. The number of thiophene rings is 1. The topological polar surface area (TPSA) is 126 Å². The van der Waals surface area contributed by atoms with Crippen LogP contribution < -0.4 is 15.2 Å². The smallest absolute Gasteiger partial charge is 0.250 e. The van der Waals surface area contributed by atoms with Crippen LogP contribution in [0.2, 0.25) is 0 Å². The summed E-state index contributed by atoms with van der Waals surface area (Å²) in [7, 11) is -3.52. The highest BCUT2D eigenvalue weighted by Crippen LogP contribution is 2.37. The van der Waals surface area contributed by atoms with Gasteiger partial charge in [-0.15, -0.1) is 11.3 Å². The van der Waals surface area contributed by atoms with Gasteiger partial charge in [-0.05, 0) is 58.3 Å². The Kier molecular flexibility index (Phi) is 4.89. The molecule has 5 N–H and O–H groups in total. The van der Waals surface area contributed by atoms with Crippen molar-refractivity contribution in [1.82, 2.24) is 19.9 Å². The van der Waals surface area contributed by atoms with Crippen molar-refractivity contribution >= 4 is 49.0 Å². The van der Waals surface area contributed by atoms with E-state index >= 15 is 0 Å². The van der Waals surface area contributed by atoms with E-state index in [2.05, 4.69) is 26.0 Å². The number of aromatic amines is 2. The molecule has 0 aliphatic rings. The number of nitrogens with two attached hydrogens (primary N) is 1. The average molecular weight is 454 g/mol. The Morgan fingerprint density at radius 1 is 1.16 bits per heavy atom. The number of hydrogen-bond donors (Lipinski definition) is 4. The summed E-state index contributed by atoms with van der Waals surface area (Å²) in [5, 5.41) is 10.7. The van der Waals surface area contributed by atoms with Gasteiger partial charge in [0.15, 0.2) is 5.82 Å². The Hall–Kier alpha value is -3.34. The van der Waals surface area contributed by atoms with Gasteiger partial charge in [-0.25, -0.2) is 13.1 Å². The molecule has 0 bridgehead atoms. The van der Waals surface area contributed by atoms with E-state index in [1.807, 2.05) is 36.5 Å². The molecule has 158 valence electrons. The molecule has 2 aromatic carbocycles. The maximum Gasteiger partial charge on any atom is 0.250 e. The number of hydrogen-bond acceptors (Lipinski definition) is 6. The molecule has 3 heterocycles. The molecule has 0 aliphatic heterocycles. The van der Waals surface area contributed by atoms with Crippen molar-refractivity contribution in [2.24, 2.45) is 0 Å². The number of ether oxygens (including phenoxy) is 1. The molecule has 5 aromatic rings. The molecule has 5 rings (SSSR count). The summed E-state index contributed by atoms with van der Waals surface area (Å²) < 4.78 is 33.1.